The number of aliphatic hydroxyl groups is 1. The number of rotatable bonds is 3. The van der Waals surface area contributed by atoms with Crippen molar-refractivity contribution in [3.8, 4) is 11.5 Å². The van der Waals surface area contributed by atoms with Gasteiger partial charge in [-0.25, -0.2) is 14.8 Å². The highest BCUT2D eigenvalue weighted by atomic mass is 16.3. The van der Waals surface area contributed by atoms with Gasteiger partial charge in [-0.3, -0.25) is 9.13 Å². The van der Waals surface area contributed by atoms with Crippen molar-refractivity contribution in [2.75, 3.05) is 11.9 Å². The Labute approximate surface area is 152 Å². The van der Waals surface area contributed by atoms with Crippen LogP contribution >= 0.6 is 0 Å². The Morgan fingerprint density at radius 3 is 2.54 bits per heavy atom. The minimum atomic E-state index is -0.466. The molecule has 0 aromatic carbocycles. The second-order valence-electron chi connectivity index (χ2n) is 8.61. The molecule has 2 bridgehead atoms. The molecule has 3 aliphatic carbocycles. The zero-order valence-electron chi connectivity index (χ0n) is 15.6. The van der Waals surface area contributed by atoms with E-state index >= 15 is 0 Å². The Hall–Kier alpha value is -1.89. The van der Waals surface area contributed by atoms with Crippen molar-refractivity contribution >= 4 is 5.82 Å². The third kappa shape index (κ3) is 2.06. The highest BCUT2D eigenvalue weighted by Crippen LogP contribution is 2.53. The maximum absolute atomic E-state index is 13.0. The van der Waals surface area contributed by atoms with Gasteiger partial charge in [0.05, 0.1) is 11.6 Å². The van der Waals surface area contributed by atoms with Gasteiger partial charge in [0.1, 0.15) is 17.3 Å². The number of hydrogen-bond donors (Lipinski definition) is 2. The average molecular weight is 357 g/mol. The lowest BCUT2D eigenvalue weighted by Crippen LogP contribution is -2.48. The van der Waals surface area contributed by atoms with Crippen molar-refractivity contribution < 1.29 is 5.11 Å². The number of nitrogens with zero attached hydrogens (tertiary/aromatic N) is 4. The lowest BCUT2D eigenvalue weighted by molar-refractivity contribution is -0.0677. The van der Waals surface area contributed by atoms with E-state index in [-0.39, 0.29) is 17.1 Å². The van der Waals surface area contributed by atoms with E-state index in [1.165, 1.54) is 0 Å². The molecule has 6 rings (SSSR count). The second-order valence-corrected chi connectivity index (χ2v) is 8.61. The van der Waals surface area contributed by atoms with Crippen molar-refractivity contribution in [3.05, 3.63) is 16.3 Å². The van der Waals surface area contributed by atoms with Crippen LogP contribution in [0.4, 0.5) is 5.82 Å². The standard InChI is InChI=1S/C19H27N5O2/c1-3-10-23-15-13(14-20-11-12(2)24(14)17(23)25)21-16(22-15)18-4-7-19(26,8-5-18)9-6-18/h12,20,26H,3-11H2,1-2H3/t12-,18?,19?/m1/s1. The van der Waals surface area contributed by atoms with Crippen molar-refractivity contribution in [1.82, 2.24) is 19.1 Å². The van der Waals surface area contributed by atoms with Crippen molar-refractivity contribution in [1.29, 1.82) is 0 Å². The van der Waals surface area contributed by atoms with Gasteiger partial charge in [-0.05, 0) is 51.9 Å². The van der Waals surface area contributed by atoms with Gasteiger partial charge in [-0.15, -0.1) is 0 Å². The molecule has 0 spiro atoms. The number of anilines is 1. The highest BCUT2D eigenvalue weighted by molar-refractivity contribution is 5.70. The highest BCUT2D eigenvalue weighted by Gasteiger charge is 2.51. The third-order valence-corrected chi connectivity index (χ3v) is 6.93. The van der Waals surface area contributed by atoms with Crippen LogP contribution in [0.2, 0.25) is 0 Å². The SMILES string of the molecule is CCCn1c2nc(C34CCC(O)(CC3)CC4)nc-2c2n(c1=O)[C@H](C)CN2. The summed E-state index contributed by atoms with van der Waals surface area (Å²) in [5.41, 5.74) is 0.348. The van der Waals surface area contributed by atoms with Gasteiger partial charge >= 0.3 is 5.69 Å². The van der Waals surface area contributed by atoms with E-state index < -0.39 is 5.60 Å². The number of hydrogen-bond acceptors (Lipinski definition) is 5. The van der Waals surface area contributed by atoms with Gasteiger partial charge < -0.3 is 10.4 Å². The molecule has 0 amide bonds. The van der Waals surface area contributed by atoms with E-state index in [0.29, 0.717) is 6.54 Å². The molecule has 3 fully saturated rings. The Balaban J connectivity index is 1.70. The molecule has 0 unspecified atom stereocenters. The quantitative estimate of drug-likeness (QED) is 0.880. The molecule has 1 atom stereocenters. The van der Waals surface area contributed by atoms with E-state index in [4.69, 9.17) is 9.97 Å². The molecule has 6 aliphatic rings. The average Bonchev–Trinajstić information content (AvgIpc) is 3.24. The first kappa shape index (κ1) is 16.3. The van der Waals surface area contributed by atoms with Crippen LogP contribution in [0.15, 0.2) is 4.79 Å². The summed E-state index contributed by atoms with van der Waals surface area (Å²) in [7, 11) is 0. The lowest BCUT2D eigenvalue weighted by atomic mass is 9.58. The molecular formula is C19H27N5O2. The van der Waals surface area contributed by atoms with Gasteiger partial charge in [0, 0.05) is 18.5 Å². The molecule has 3 heterocycles. The molecule has 3 saturated carbocycles. The Kier molecular flexibility index (Phi) is 3.33. The van der Waals surface area contributed by atoms with Gasteiger partial charge in [0.25, 0.3) is 0 Å². The summed E-state index contributed by atoms with van der Waals surface area (Å²) in [6, 6.07) is 0.127. The number of imidazole rings is 1. The predicted molar refractivity (Wildman–Crippen MR) is 98.7 cm³/mol. The molecule has 7 heteroatoms. The first-order valence-electron chi connectivity index (χ1n) is 9.96. The zero-order chi connectivity index (χ0) is 18.1. The summed E-state index contributed by atoms with van der Waals surface area (Å²) >= 11 is 0. The molecule has 7 nitrogen and oxygen atoms in total. The van der Waals surface area contributed by atoms with E-state index in [0.717, 1.165) is 74.7 Å². The van der Waals surface area contributed by atoms with Gasteiger partial charge in [0.15, 0.2) is 5.82 Å². The van der Waals surface area contributed by atoms with Crippen LogP contribution in [0.25, 0.3) is 11.5 Å². The summed E-state index contributed by atoms with van der Waals surface area (Å²) < 4.78 is 3.64. The molecule has 0 saturated heterocycles. The molecule has 26 heavy (non-hydrogen) atoms. The van der Waals surface area contributed by atoms with E-state index in [1.807, 2.05) is 4.57 Å². The predicted octanol–water partition coefficient (Wildman–Crippen LogP) is 2.28. The van der Waals surface area contributed by atoms with E-state index in [2.05, 4.69) is 19.2 Å². The molecule has 0 radical (unpaired) electrons. The normalized spacial score (nSPS) is 32.8. The number of fused-ring (bicyclic) bond motifs is 6. The van der Waals surface area contributed by atoms with Crippen LogP contribution in [0, 0.1) is 0 Å². The van der Waals surface area contributed by atoms with Crippen LogP contribution in [0.3, 0.4) is 0 Å². The van der Waals surface area contributed by atoms with Crippen LogP contribution in [0.1, 0.15) is 70.7 Å². The van der Waals surface area contributed by atoms with Crippen LogP contribution < -0.4 is 11.0 Å². The van der Waals surface area contributed by atoms with Gasteiger partial charge in [0.2, 0.25) is 0 Å². The first-order chi connectivity index (χ1) is 12.5. The van der Waals surface area contributed by atoms with Crippen molar-refractivity contribution in [2.45, 2.75) is 82.4 Å². The van der Waals surface area contributed by atoms with E-state index in [1.54, 1.807) is 4.57 Å². The monoisotopic (exact) mass is 357 g/mol. The van der Waals surface area contributed by atoms with Crippen LogP contribution in [-0.4, -0.2) is 36.4 Å². The largest absolute Gasteiger partial charge is 0.390 e. The van der Waals surface area contributed by atoms with Crippen molar-refractivity contribution in [2.24, 2.45) is 0 Å². The van der Waals surface area contributed by atoms with Gasteiger partial charge in [-0.2, -0.15) is 0 Å². The Bertz CT molecular complexity index is 874. The molecule has 140 valence electrons. The second kappa shape index (κ2) is 5.31. The first-order valence-corrected chi connectivity index (χ1v) is 9.96. The fraction of sp³-hybridized carbons (Fsp3) is 0.737. The number of nitrogens with one attached hydrogen (secondary N) is 1. The minimum Gasteiger partial charge on any atom is -0.390 e. The van der Waals surface area contributed by atoms with Crippen LogP contribution in [0.5, 0.6) is 0 Å². The van der Waals surface area contributed by atoms with Gasteiger partial charge in [-0.1, -0.05) is 6.92 Å². The molecule has 0 aromatic heterocycles. The molecular weight excluding hydrogens is 330 g/mol. The number of aromatic nitrogens is 4. The molecule has 3 aliphatic heterocycles. The van der Waals surface area contributed by atoms with Crippen molar-refractivity contribution in [3.63, 3.8) is 0 Å². The zero-order valence-corrected chi connectivity index (χ0v) is 15.6. The topological polar surface area (TPSA) is 85.0 Å². The maximum atomic E-state index is 13.0. The third-order valence-electron chi connectivity index (χ3n) is 6.93. The molecule has 0 aromatic rings. The molecule has 2 N–H and O–H groups in total. The summed E-state index contributed by atoms with van der Waals surface area (Å²) in [5, 5.41) is 13.9. The summed E-state index contributed by atoms with van der Waals surface area (Å²) in [4.78, 5) is 23.0. The van der Waals surface area contributed by atoms with E-state index in [9.17, 15) is 9.90 Å². The maximum Gasteiger partial charge on any atom is 0.331 e. The smallest absolute Gasteiger partial charge is 0.331 e. The minimum absolute atomic E-state index is 0.0115. The summed E-state index contributed by atoms with van der Waals surface area (Å²) in [5.74, 6) is 2.43. The van der Waals surface area contributed by atoms with Crippen LogP contribution in [-0.2, 0) is 12.0 Å². The Morgan fingerprint density at radius 1 is 1.19 bits per heavy atom. The summed E-state index contributed by atoms with van der Waals surface area (Å²) in [6.07, 6.45) is 6.22. The lowest BCUT2D eigenvalue weighted by Gasteiger charge is -2.49. The Morgan fingerprint density at radius 2 is 1.88 bits per heavy atom. The fourth-order valence-electron chi connectivity index (χ4n) is 5.19. The summed E-state index contributed by atoms with van der Waals surface area (Å²) in [6.45, 7) is 5.55. The fourth-order valence-corrected chi connectivity index (χ4v) is 5.19.